The average molecular weight is 441 g/mol. The van der Waals surface area contributed by atoms with Crippen molar-refractivity contribution in [2.24, 2.45) is 4.99 Å². The number of halogens is 1. The van der Waals surface area contributed by atoms with Crippen molar-refractivity contribution in [2.45, 2.75) is 24.9 Å². The first kappa shape index (κ1) is 19.8. The molecular weight excluding hydrogens is 417 g/mol. The summed E-state index contributed by atoms with van der Waals surface area (Å²) < 4.78 is 0. The van der Waals surface area contributed by atoms with Gasteiger partial charge in [0.25, 0.3) is 0 Å². The van der Waals surface area contributed by atoms with E-state index in [2.05, 4.69) is 77.3 Å². The van der Waals surface area contributed by atoms with Gasteiger partial charge < -0.3 is 10.6 Å². The van der Waals surface area contributed by atoms with Crippen LogP contribution in [0.4, 0.5) is 0 Å². The maximum absolute atomic E-state index is 4.27. The third kappa shape index (κ3) is 6.43. The SMILES string of the molecule is CN=C(NCc1ccc(SC)cc1)NCc1ccccc1C.I. The number of hydrogen-bond acceptors (Lipinski definition) is 2. The first-order valence-corrected chi connectivity index (χ1v) is 8.57. The van der Waals surface area contributed by atoms with Gasteiger partial charge in [0.1, 0.15) is 0 Å². The van der Waals surface area contributed by atoms with Crippen molar-refractivity contribution < 1.29 is 0 Å². The predicted octanol–water partition coefficient (Wildman–Crippen LogP) is 4.20. The molecule has 124 valence electrons. The highest BCUT2D eigenvalue weighted by molar-refractivity contribution is 14.0. The molecule has 0 bridgehead atoms. The van der Waals surface area contributed by atoms with Gasteiger partial charge in [-0.1, -0.05) is 36.4 Å². The van der Waals surface area contributed by atoms with Gasteiger partial charge in [0.2, 0.25) is 0 Å². The van der Waals surface area contributed by atoms with E-state index < -0.39 is 0 Å². The van der Waals surface area contributed by atoms with E-state index in [0.29, 0.717) is 0 Å². The second-order valence-electron chi connectivity index (χ2n) is 5.05. The Hall–Kier alpha value is -1.21. The molecule has 0 saturated heterocycles. The van der Waals surface area contributed by atoms with Crippen LogP contribution in [0.25, 0.3) is 0 Å². The zero-order valence-electron chi connectivity index (χ0n) is 13.8. The van der Waals surface area contributed by atoms with Gasteiger partial charge in [-0.05, 0) is 42.0 Å². The first-order chi connectivity index (χ1) is 10.7. The molecule has 0 heterocycles. The quantitative estimate of drug-likeness (QED) is 0.316. The second-order valence-corrected chi connectivity index (χ2v) is 5.93. The van der Waals surface area contributed by atoms with Crippen LogP contribution in [-0.4, -0.2) is 19.3 Å². The number of aliphatic imine (C=N–C) groups is 1. The molecule has 2 rings (SSSR count). The standard InChI is InChI=1S/C18H23N3S.HI/c1-14-6-4-5-7-16(14)13-21-18(19-2)20-12-15-8-10-17(22-3)11-9-15;/h4-11H,12-13H2,1-3H3,(H2,19,20,21);1H. The molecule has 0 saturated carbocycles. The molecule has 0 fully saturated rings. The number of thioether (sulfide) groups is 1. The number of aryl methyl sites for hydroxylation is 1. The summed E-state index contributed by atoms with van der Waals surface area (Å²) in [6, 6.07) is 17.0. The Bertz CT molecular complexity index is 626. The molecule has 0 unspecified atom stereocenters. The zero-order valence-corrected chi connectivity index (χ0v) is 16.9. The summed E-state index contributed by atoms with van der Waals surface area (Å²) in [5, 5.41) is 6.70. The fourth-order valence-corrected chi connectivity index (χ4v) is 2.55. The minimum atomic E-state index is 0. The van der Waals surface area contributed by atoms with Crippen LogP contribution in [0.15, 0.2) is 58.4 Å². The van der Waals surface area contributed by atoms with E-state index in [1.165, 1.54) is 21.6 Å². The normalized spacial score (nSPS) is 10.8. The Balaban J connectivity index is 0.00000264. The van der Waals surface area contributed by atoms with Crippen LogP contribution < -0.4 is 10.6 Å². The molecule has 3 nitrogen and oxygen atoms in total. The van der Waals surface area contributed by atoms with Crippen LogP contribution in [-0.2, 0) is 13.1 Å². The molecule has 0 atom stereocenters. The number of nitrogens with one attached hydrogen (secondary N) is 2. The molecule has 23 heavy (non-hydrogen) atoms. The molecule has 0 amide bonds. The minimum Gasteiger partial charge on any atom is -0.352 e. The maximum atomic E-state index is 4.27. The third-order valence-electron chi connectivity index (χ3n) is 3.55. The highest BCUT2D eigenvalue weighted by Gasteiger charge is 2.01. The molecule has 2 aromatic rings. The second kappa shape index (κ2) is 10.5. The van der Waals surface area contributed by atoms with Gasteiger partial charge in [-0.2, -0.15) is 0 Å². The van der Waals surface area contributed by atoms with Crippen LogP contribution in [0, 0.1) is 6.92 Å². The van der Waals surface area contributed by atoms with Crippen molar-refractivity contribution in [3.63, 3.8) is 0 Å². The van der Waals surface area contributed by atoms with Gasteiger partial charge in [0, 0.05) is 25.0 Å². The Morgan fingerprint density at radius 1 is 1.00 bits per heavy atom. The van der Waals surface area contributed by atoms with Gasteiger partial charge >= 0.3 is 0 Å². The number of benzene rings is 2. The summed E-state index contributed by atoms with van der Waals surface area (Å²) in [6.45, 7) is 3.67. The predicted molar refractivity (Wildman–Crippen MR) is 112 cm³/mol. The lowest BCUT2D eigenvalue weighted by atomic mass is 10.1. The lowest BCUT2D eigenvalue weighted by Gasteiger charge is -2.13. The molecule has 2 aromatic carbocycles. The average Bonchev–Trinajstić information content (AvgIpc) is 2.57. The number of nitrogens with zero attached hydrogens (tertiary/aromatic N) is 1. The van der Waals surface area contributed by atoms with Crippen molar-refractivity contribution in [2.75, 3.05) is 13.3 Å². The molecular formula is C18H24IN3S. The molecule has 0 aliphatic heterocycles. The van der Waals surface area contributed by atoms with Crippen molar-refractivity contribution in [3.8, 4) is 0 Å². The number of hydrogen-bond donors (Lipinski definition) is 2. The van der Waals surface area contributed by atoms with Gasteiger partial charge in [0.15, 0.2) is 5.96 Å². The molecule has 5 heteroatoms. The molecule has 2 N–H and O–H groups in total. The summed E-state index contributed by atoms with van der Waals surface area (Å²) >= 11 is 1.76. The van der Waals surface area contributed by atoms with E-state index in [-0.39, 0.29) is 24.0 Å². The summed E-state index contributed by atoms with van der Waals surface area (Å²) in [5.74, 6) is 0.817. The highest BCUT2D eigenvalue weighted by atomic mass is 127. The molecule has 0 aliphatic carbocycles. The van der Waals surface area contributed by atoms with E-state index in [0.717, 1.165) is 19.0 Å². The highest BCUT2D eigenvalue weighted by Crippen LogP contribution is 2.14. The van der Waals surface area contributed by atoms with Crippen molar-refractivity contribution in [1.29, 1.82) is 0 Å². The monoisotopic (exact) mass is 441 g/mol. The maximum Gasteiger partial charge on any atom is 0.191 e. The topological polar surface area (TPSA) is 36.4 Å². The van der Waals surface area contributed by atoms with Gasteiger partial charge in [-0.3, -0.25) is 4.99 Å². The smallest absolute Gasteiger partial charge is 0.191 e. The van der Waals surface area contributed by atoms with Gasteiger partial charge in [0.05, 0.1) is 0 Å². The zero-order chi connectivity index (χ0) is 15.8. The van der Waals surface area contributed by atoms with Crippen LogP contribution >= 0.6 is 35.7 Å². The molecule has 0 aromatic heterocycles. The van der Waals surface area contributed by atoms with E-state index in [4.69, 9.17) is 0 Å². The Labute approximate surface area is 160 Å². The van der Waals surface area contributed by atoms with Crippen molar-refractivity contribution >= 4 is 41.7 Å². The van der Waals surface area contributed by atoms with E-state index in [9.17, 15) is 0 Å². The molecule has 0 aliphatic rings. The fraction of sp³-hybridized carbons (Fsp3) is 0.278. The number of guanidine groups is 1. The van der Waals surface area contributed by atoms with Gasteiger partial charge in [-0.25, -0.2) is 0 Å². The summed E-state index contributed by atoms with van der Waals surface area (Å²) in [7, 11) is 1.80. The lowest BCUT2D eigenvalue weighted by molar-refractivity contribution is 0.806. The van der Waals surface area contributed by atoms with Gasteiger partial charge in [-0.15, -0.1) is 35.7 Å². The Kier molecular flexibility index (Phi) is 9.09. The fourth-order valence-electron chi connectivity index (χ4n) is 2.14. The van der Waals surface area contributed by atoms with Crippen molar-refractivity contribution in [3.05, 3.63) is 65.2 Å². The van der Waals surface area contributed by atoms with Crippen LogP contribution in [0.5, 0.6) is 0 Å². The molecule has 0 spiro atoms. The Morgan fingerprint density at radius 2 is 1.65 bits per heavy atom. The largest absolute Gasteiger partial charge is 0.352 e. The Morgan fingerprint density at radius 3 is 2.26 bits per heavy atom. The first-order valence-electron chi connectivity index (χ1n) is 7.35. The van der Waals surface area contributed by atoms with Crippen molar-refractivity contribution in [1.82, 2.24) is 10.6 Å². The summed E-state index contributed by atoms with van der Waals surface area (Å²) in [6.07, 6.45) is 2.09. The minimum absolute atomic E-state index is 0. The molecule has 0 radical (unpaired) electrons. The van der Waals surface area contributed by atoms with E-state index >= 15 is 0 Å². The van der Waals surface area contributed by atoms with Crippen LogP contribution in [0.1, 0.15) is 16.7 Å². The summed E-state index contributed by atoms with van der Waals surface area (Å²) in [4.78, 5) is 5.56. The third-order valence-corrected chi connectivity index (χ3v) is 4.29. The van der Waals surface area contributed by atoms with Crippen LogP contribution in [0.3, 0.4) is 0 Å². The van der Waals surface area contributed by atoms with Crippen LogP contribution in [0.2, 0.25) is 0 Å². The van der Waals surface area contributed by atoms with E-state index in [1.807, 2.05) is 0 Å². The lowest BCUT2D eigenvalue weighted by Crippen LogP contribution is -2.36. The summed E-state index contributed by atoms with van der Waals surface area (Å²) in [5.41, 5.74) is 3.82. The van der Waals surface area contributed by atoms with E-state index in [1.54, 1.807) is 18.8 Å². The number of rotatable bonds is 5.